The van der Waals surface area contributed by atoms with Gasteiger partial charge in [0.1, 0.15) is 0 Å². The maximum atomic E-state index is 10.4. The van der Waals surface area contributed by atoms with E-state index < -0.39 is 0 Å². The van der Waals surface area contributed by atoms with E-state index in [1.165, 1.54) is 26.0 Å². The second kappa shape index (κ2) is 13.5. The first kappa shape index (κ1) is 16.4. The summed E-state index contributed by atoms with van der Waals surface area (Å²) in [6.45, 7) is 3.42. The monoisotopic (exact) mass is 248 g/mol. The molecule has 0 amide bonds. The van der Waals surface area contributed by atoms with Gasteiger partial charge in [0.15, 0.2) is 0 Å². The van der Waals surface area contributed by atoms with E-state index in [1.807, 2.05) is 13.0 Å². The summed E-state index contributed by atoms with van der Waals surface area (Å²) in [5.74, 6) is -0.288. The fourth-order valence-electron chi connectivity index (χ4n) is 1.31. The Labute approximate surface area is 111 Å². The molecule has 2 heteroatoms. The third-order valence-electron chi connectivity index (χ3n) is 2.23. The molecule has 0 saturated carbocycles. The normalized spacial score (nSPS) is 12.3. The third kappa shape index (κ3) is 14.4. The van der Waals surface area contributed by atoms with Crippen molar-refractivity contribution < 1.29 is 9.53 Å². The first-order chi connectivity index (χ1) is 8.77. The number of carbonyl (C=O) groups is 1. The molecule has 0 N–H and O–H groups in total. The van der Waals surface area contributed by atoms with Crippen LogP contribution in [-0.2, 0) is 9.53 Å². The molecule has 0 rings (SSSR count). The molecule has 0 heterocycles. The van der Waals surface area contributed by atoms with Gasteiger partial charge in [0.05, 0.1) is 6.26 Å². The molecule has 0 unspecified atom stereocenters. The molecule has 0 radical (unpaired) electrons. The summed E-state index contributed by atoms with van der Waals surface area (Å²) >= 11 is 0. The number of ether oxygens (including phenoxy) is 1. The molecule has 0 spiro atoms. The Morgan fingerprint density at radius 1 is 1.00 bits per heavy atom. The summed E-state index contributed by atoms with van der Waals surface area (Å²) in [6, 6.07) is 0. The highest BCUT2D eigenvalue weighted by molar-refractivity contribution is 5.66. The summed E-state index contributed by atoms with van der Waals surface area (Å²) in [7, 11) is 0. The minimum absolute atomic E-state index is 0.288. The number of hydrogen-bond acceptors (Lipinski definition) is 2. The number of esters is 1. The summed E-state index contributed by atoms with van der Waals surface area (Å²) < 4.78 is 4.65. The average molecular weight is 248 g/mol. The van der Waals surface area contributed by atoms with Crippen LogP contribution in [0.3, 0.4) is 0 Å². The van der Waals surface area contributed by atoms with E-state index in [0.29, 0.717) is 0 Å². The van der Waals surface area contributed by atoms with E-state index in [0.717, 1.165) is 19.3 Å². The lowest BCUT2D eigenvalue weighted by molar-refractivity contribution is -0.135. The molecule has 2 nitrogen and oxygen atoms in total. The van der Waals surface area contributed by atoms with Gasteiger partial charge in [-0.2, -0.15) is 0 Å². The van der Waals surface area contributed by atoms with Gasteiger partial charge < -0.3 is 4.74 Å². The molecule has 0 saturated heterocycles. The molecular weight excluding hydrogens is 224 g/mol. The van der Waals surface area contributed by atoms with Crippen molar-refractivity contribution in [3.05, 3.63) is 48.8 Å². The zero-order valence-corrected chi connectivity index (χ0v) is 11.5. The lowest BCUT2D eigenvalue weighted by Gasteiger charge is -1.92. The van der Waals surface area contributed by atoms with Crippen molar-refractivity contribution in [2.24, 2.45) is 0 Å². The van der Waals surface area contributed by atoms with Gasteiger partial charge in [-0.15, -0.1) is 0 Å². The highest BCUT2D eigenvalue weighted by Crippen LogP contribution is 2.02. The Bertz CT molecular complexity index is 309. The van der Waals surface area contributed by atoms with Crippen LogP contribution in [0.1, 0.15) is 46.0 Å². The standard InChI is InChI=1S/C16H24O2/c1-3-4-5-6-7-8-9-10-11-12-13-14-15-18-16(2)17/h3-4,6-7,12-15H,5,8-11H2,1-2H3. The number of carbonyl (C=O) groups excluding carboxylic acids is 1. The second-order valence-electron chi connectivity index (χ2n) is 3.93. The van der Waals surface area contributed by atoms with Crippen LogP contribution in [0.25, 0.3) is 0 Å². The van der Waals surface area contributed by atoms with Gasteiger partial charge in [-0.05, 0) is 45.1 Å². The van der Waals surface area contributed by atoms with Crippen molar-refractivity contribution in [1.82, 2.24) is 0 Å². The molecule has 0 fully saturated rings. The van der Waals surface area contributed by atoms with Gasteiger partial charge in [-0.1, -0.05) is 36.5 Å². The van der Waals surface area contributed by atoms with Gasteiger partial charge in [-0.3, -0.25) is 4.79 Å². The van der Waals surface area contributed by atoms with Gasteiger partial charge in [0, 0.05) is 6.92 Å². The molecule has 0 aromatic heterocycles. The molecule has 0 bridgehead atoms. The van der Waals surface area contributed by atoms with Crippen LogP contribution in [0.15, 0.2) is 48.8 Å². The minimum Gasteiger partial charge on any atom is -0.435 e. The van der Waals surface area contributed by atoms with Crippen LogP contribution in [-0.4, -0.2) is 5.97 Å². The van der Waals surface area contributed by atoms with Crippen LogP contribution in [0.4, 0.5) is 0 Å². The van der Waals surface area contributed by atoms with Crippen LogP contribution in [0.2, 0.25) is 0 Å². The highest BCUT2D eigenvalue weighted by atomic mass is 16.5. The Morgan fingerprint density at radius 2 is 1.72 bits per heavy atom. The lowest BCUT2D eigenvalue weighted by atomic mass is 10.1. The second-order valence-corrected chi connectivity index (χ2v) is 3.93. The molecular formula is C16H24O2. The quantitative estimate of drug-likeness (QED) is 0.194. The van der Waals surface area contributed by atoms with Crippen LogP contribution < -0.4 is 0 Å². The Hall–Kier alpha value is -1.57. The van der Waals surface area contributed by atoms with E-state index in [9.17, 15) is 4.79 Å². The molecule has 100 valence electrons. The molecule has 0 aliphatic rings. The summed E-state index contributed by atoms with van der Waals surface area (Å²) in [5.41, 5.74) is 0. The van der Waals surface area contributed by atoms with Crippen molar-refractivity contribution in [1.29, 1.82) is 0 Å². The Morgan fingerprint density at radius 3 is 2.39 bits per heavy atom. The predicted molar refractivity (Wildman–Crippen MR) is 77.1 cm³/mol. The van der Waals surface area contributed by atoms with Crippen LogP contribution in [0.5, 0.6) is 0 Å². The maximum absolute atomic E-state index is 10.4. The topological polar surface area (TPSA) is 26.3 Å². The summed E-state index contributed by atoms with van der Waals surface area (Å²) in [4.78, 5) is 10.4. The third-order valence-corrected chi connectivity index (χ3v) is 2.23. The zero-order chi connectivity index (χ0) is 13.5. The van der Waals surface area contributed by atoms with Crippen LogP contribution in [0, 0.1) is 0 Å². The maximum Gasteiger partial charge on any atom is 0.307 e. The molecule has 0 aliphatic heterocycles. The molecule has 0 atom stereocenters. The smallest absolute Gasteiger partial charge is 0.307 e. The van der Waals surface area contributed by atoms with Crippen molar-refractivity contribution in [3.63, 3.8) is 0 Å². The first-order valence-corrected chi connectivity index (χ1v) is 6.52. The first-order valence-electron chi connectivity index (χ1n) is 6.52. The Balaban J connectivity index is 3.34. The van der Waals surface area contributed by atoms with Crippen molar-refractivity contribution >= 4 is 5.97 Å². The SMILES string of the molecule is CC=CCC=CCCCCC=CC=COC(C)=O. The summed E-state index contributed by atoms with van der Waals surface area (Å²) in [6.07, 6.45) is 21.4. The van der Waals surface area contributed by atoms with Gasteiger partial charge in [0.2, 0.25) is 0 Å². The van der Waals surface area contributed by atoms with Gasteiger partial charge >= 0.3 is 5.97 Å². The van der Waals surface area contributed by atoms with Crippen LogP contribution >= 0.6 is 0 Å². The lowest BCUT2D eigenvalue weighted by Crippen LogP contribution is -1.88. The summed E-state index contributed by atoms with van der Waals surface area (Å²) in [5, 5.41) is 0. The van der Waals surface area contributed by atoms with E-state index in [1.54, 1.807) is 6.08 Å². The van der Waals surface area contributed by atoms with E-state index >= 15 is 0 Å². The largest absolute Gasteiger partial charge is 0.435 e. The van der Waals surface area contributed by atoms with Gasteiger partial charge in [0.25, 0.3) is 0 Å². The van der Waals surface area contributed by atoms with Crippen molar-refractivity contribution in [2.45, 2.75) is 46.0 Å². The molecule has 0 aromatic carbocycles. The predicted octanol–water partition coefficient (Wildman–Crippen LogP) is 4.70. The number of hydrogen-bond donors (Lipinski definition) is 0. The fraction of sp³-hybridized carbons (Fsp3) is 0.438. The highest BCUT2D eigenvalue weighted by Gasteiger charge is 1.84. The van der Waals surface area contributed by atoms with Gasteiger partial charge in [-0.25, -0.2) is 0 Å². The molecule has 18 heavy (non-hydrogen) atoms. The van der Waals surface area contributed by atoms with E-state index in [-0.39, 0.29) is 5.97 Å². The average Bonchev–Trinajstić information content (AvgIpc) is 2.34. The number of unbranched alkanes of at least 4 members (excludes halogenated alkanes) is 3. The Kier molecular flexibility index (Phi) is 12.3. The van der Waals surface area contributed by atoms with Crippen molar-refractivity contribution in [3.8, 4) is 0 Å². The molecule has 0 aliphatic carbocycles. The van der Waals surface area contributed by atoms with Crippen molar-refractivity contribution in [2.75, 3.05) is 0 Å². The number of rotatable bonds is 9. The number of allylic oxidation sites excluding steroid dienone is 7. The minimum atomic E-state index is -0.288. The van der Waals surface area contributed by atoms with E-state index in [4.69, 9.17) is 0 Å². The molecule has 0 aromatic rings. The zero-order valence-electron chi connectivity index (χ0n) is 11.5. The fourth-order valence-corrected chi connectivity index (χ4v) is 1.31. The van der Waals surface area contributed by atoms with E-state index in [2.05, 4.69) is 35.1 Å².